The lowest BCUT2D eigenvalue weighted by molar-refractivity contribution is -0.0312. The first kappa shape index (κ1) is 31.1. The maximum absolute atomic E-state index is 12.7. The van der Waals surface area contributed by atoms with Gasteiger partial charge in [-0.25, -0.2) is 0 Å². The predicted molar refractivity (Wildman–Crippen MR) is 186 cm³/mol. The number of rotatable bonds is 6. The molecule has 250 valence electrons. The SMILES string of the molecule is Cc1sc2c(c1C)C(c1ccc(OC3CC4(CCN(c5ccc(C(=O)NC6CCCCC6)nn5)CC4)C3)cn1)=NC(C)c1nnc(C)n1-2. The van der Waals surface area contributed by atoms with E-state index in [1.807, 2.05) is 37.4 Å². The number of amides is 1. The second-order valence-electron chi connectivity index (χ2n) is 14.2. The van der Waals surface area contributed by atoms with Crippen LogP contribution >= 0.6 is 11.3 Å². The summed E-state index contributed by atoms with van der Waals surface area (Å²) < 4.78 is 8.57. The average Bonchev–Trinajstić information content (AvgIpc) is 3.58. The topological polar surface area (TPSA) is 123 Å². The highest BCUT2D eigenvalue weighted by Gasteiger charge is 2.47. The molecule has 4 aromatic rings. The third kappa shape index (κ3) is 5.67. The molecule has 1 unspecified atom stereocenters. The van der Waals surface area contributed by atoms with E-state index in [-0.39, 0.29) is 24.1 Å². The van der Waals surface area contributed by atoms with Crippen molar-refractivity contribution in [3.05, 3.63) is 69.5 Å². The highest BCUT2D eigenvalue weighted by Crippen LogP contribution is 2.50. The minimum atomic E-state index is -0.139. The van der Waals surface area contributed by atoms with E-state index in [0.717, 1.165) is 96.8 Å². The van der Waals surface area contributed by atoms with E-state index in [4.69, 9.17) is 14.7 Å². The van der Waals surface area contributed by atoms with Crippen LogP contribution in [0.2, 0.25) is 0 Å². The zero-order valence-corrected chi connectivity index (χ0v) is 29.0. The predicted octanol–water partition coefficient (Wildman–Crippen LogP) is 6.24. The first-order valence-corrected chi connectivity index (χ1v) is 18.2. The van der Waals surface area contributed by atoms with Crippen LogP contribution in [0.25, 0.3) is 5.00 Å². The Morgan fingerprint density at radius 3 is 2.48 bits per heavy atom. The molecule has 48 heavy (non-hydrogen) atoms. The normalized spacial score (nSPS) is 20.8. The number of carbonyl (C=O) groups is 1. The zero-order chi connectivity index (χ0) is 33.0. The van der Waals surface area contributed by atoms with Crippen LogP contribution in [0.3, 0.4) is 0 Å². The molecule has 0 bridgehead atoms. The van der Waals surface area contributed by atoms with Gasteiger partial charge in [0.25, 0.3) is 5.91 Å². The van der Waals surface area contributed by atoms with Crippen LogP contribution in [0.5, 0.6) is 5.75 Å². The van der Waals surface area contributed by atoms with Crippen molar-refractivity contribution in [3.63, 3.8) is 0 Å². The number of ether oxygens (including phenoxy) is 1. The van der Waals surface area contributed by atoms with Gasteiger partial charge in [0.15, 0.2) is 17.3 Å². The third-order valence-corrected chi connectivity index (χ3v) is 12.1. The van der Waals surface area contributed by atoms with Gasteiger partial charge < -0.3 is 15.0 Å². The highest BCUT2D eigenvalue weighted by atomic mass is 32.1. The maximum atomic E-state index is 12.7. The van der Waals surface area contributed by atoms with Gasteiger partial charge in [-0.1, -0.05) is 19.3 Å². The van der Waals surface area contributed by atoms with Gasteiger partial charge in [-0.05, 0) is 101 Å². The van der Waals surface area contributed by atoms with Crippen molar-refractivity contribution < 1.29 is 9.53 Å². The van der Waals surface area contributed by atoms with E-state index >= 15 is 0 Å². The Balaban J connectivity index is 0.866. The molecule has 2 aliphatic carbocycles. The van der Waals surface area contributed by atoms with Gasteiger partial charge in [-0.2, -0.15) is 0 Å². The van der Waals surface area contributed by atoms with E-state index in [1.165, 1.54) is 29.7 Å². The molecular formula is C36H43N9O2S. The molecule has 0 aromatic carbocycles. The lowest BCUT2D eigenvalue weighted by Crippen LogP contribution is -2.51. The van der Waals surface area contributed by atoms with Crippen molar-refractivity contribution >= 4 is 28.8 Å². The van der Waals surface area contributed by atoms with Crippen LogP contribution in [0.1, 0.15) is 115 Å². The molecule has 1 spiro atoms. The van der Waals surface area contributed by atoms with Crippen LogP contribution in [0.4, 0.5) is 5.82 Å². The van der Waals surface area contributed by atoms with Crippen molar-refractivity contribution in [2.24, 2.45) is 10.4 Å². The zero-order valence-electron chi connectivity index (χ0n) is 28.2. The van der Waals surface area contributed by atoms with Gasteiger partial charge in [0, 0.05) is 29.6 Å². The molecule has 6 heterocycles. The fourth-order valence-electron chi connectivity index (χ4n) is 7.97. The third-order valence-electron chi connectivity index (χ3n) is 10.9. The molecule has 8 rings (SSSR count). The minimum Gasteiger partial charge on any atom is -0.489 e. The summed E-state index contributed by atoms with van der Waals surface area (Å²) in [4.78, 5) is 26.2. The minimum absolute atomic E-state index is 0.111. The van der Waals surface area contributed by atoms with Gasteiger partial charge in [0.1, 0.15) is 22.6 Å². The van der Waals surface area contributed by atoms with E-state index in [9.17, 15) is 4.79 Å². The summed E-state index contributed by atoms with van der Waals surface area (Å²) >= 11 is 1.76. The molecule has 1 amide bonds. The van der Waals surface area contributed by atoms with Crippen LogP contribution in [-0.2, 0) is 0 Å². The largest absolute Gasteiger partial charge is 0.489 e. The molecular weight excluding hydrogens is 623 g/mol. The van der Waals surface area contributed by atoms with Crippen molar-refractivity contribution in [1.82, 2.24) is 35.3 Å². The Morgan fingerprint density at radius 1 is 0.979 bits per heavy atom. The monoisotopic (exact) mass is 665 g/mol. The van der Waals surface area contributed by atoms with Gasteiger partial charge in [0.05, 0.1) is 23.7 Å². The summed E-state index contributed by atoms with van der Waals surface area (Å²) in [5.41, 5.74) is 4.78. The highest BCUT2D eigenvalue weighted by molar-refractivity contribution is 7.15. The summed E-state index contributed by atoms with van der Waals surface area (Å²) in [5, 5.41) is 21.8. The number of nitrogens with one attached hydrogen (secondary N) is 1. The molecule has 4 aliphatic rings. The van der Waals surface area contributed by atoms with Gasteiger partial charge in [-0.15, -0.1) is 31.7 Å². The van der Waals surface area contributed by atoms with Crippen molar-refractivity contribution in [2.45, 2.75) is 104 Å². The summed E-state index contributed by atoms with van der Waals surface area (Å²) in [7, 11) is 0. The summed E-state index contributed by atoms with van der Waals surface area (Å²) in [6, 6.07) is 7.95. The second kappa shape index (κ2) is 12.4. The lowest BCUT2D eigenvalue weighted by atomic mass is 9.61. The first-order chi connectivity index (χ1) is 23.3. The van der Waals surface area contributed by atoms with Crippen LogP contribution in [0, 0.1) is 26.2 Å². The molecule has 2 saturated carbocycles. The number of aromatic nitrogens is 6. The molecule has 2 aliphatic heterocycles. The number of anilines is 1. The van der Waals surface area contributed by atoms with Crippen molar-refractivity contribution in [3.8, 4) is 10.8 Å². The maximum Gasteiger partial charge on any atom is 0.272 e. The van der Waals surface area contributed by atoms with Crippen molar-refractivity contribution in [1.29, 1.82) is 0 Å². The standard InChI is InChI=1S/C36H43N9O2S/c1-21-23(3)48-35-31(21)32(38-22(2)33-43-40-24(4)45(33)35)28-11-10-26(20-37-28)47-27-18-36(19-27)14-16-44(17-15-36)30-13-12-29(41-42-30)34(46)39-25-8-6-5-7-9-25/h10-13,20,22,25,27H,5-9,14-19H2,1-4H3,(H,39,46). The Kier molecular flexibility index (Phi) is 8.01. The molecule has 4 aromatic heterocycles. The van der Waals surface area contributed by atoms with Gasteiger partial charge in [-0.3, -0.25) is 19.3 Å². The molecule has 0 radical (unpaired) electrons. The molecule has 11 nitrogen and oxygen atoms in total. The number of piperidine rings is 1. The lowest BCUT2D eigenvalue weighted by Gasteiger charge is -2.51. The summed E-state index contributed by atoms with van der Waals surface area (Å²) in [6.45, 7) is 10.2. The van der Waals surface area contributed by atoms with E-state index in [1.54, 1.807) is 11.3 Å². The molecule has 1 N–H and O–H groups in total. The number of hydrogen-bond donors (Lipinski definition) is 1. The Labute approximate surface area is 285 Å². The second-order valence-corrected chi connectivity index (χ2v) is 15.4. The number of thiophene rings is 1. The fraction of sp³-hybridized carbons (Fsp3) is 0.528. The van der Waals surface area contributed by atoms with Crippen LogP contribution < -0.4 is 15.0 Å². The van der Waals surface area contributed by atoms with Gasteiger partial charge in [0.2, 0.25) is 0 Å². The number of carbonyl (C=O) groups excluding carboxylic acids is 1. The quantitative estimate of drug-likeness (QED) is 0.257. The van der Waals surface area contributed by atoms with Crippen LogP contribution in [-0.4, -0.2) is 66.8 Å². The van der Waals surface area contributed by atoms with Crippen LogP contribution in [0.15, 0.2) is 35.5 Å². The number of nitrogens with zero attached hydrogens (tertiary/aromatic N) is 8. The van der Waals surface area contributed by atoms with E-state index in [0.29, 0.717) is 11.1 Å². The fourth-order valence-corrected chi connectivity index (χ4v) is 9.18. The number of aryl methyl sites for hydroxylation is 2. The van der Waals surface area contributed by atoms with Gasteiger partial charge >= 0.3 is 0 Å². The Bertz CT molecular complexity index is 1840. The average molecular weight is 666 g/mol. The number of fused-ring (bicyclic) bond motifs is 3. The smallest absolute Gasteiger partial charge is 0.272 e. The van der Waals surface area contributed by atoms with Crippen molar-refractivity contribution in [2.75, 3.05) is 18.0 Å². The molecule has 12 heteroatoms. The number of hydrogen-bond acceptors (Lipinski definition) is 10. The molecule has 1 saturated heterocycles. The Morgan fingerprint density at radius 2 is 1.77 bits per heavy atom. The number of pyridine rings is 1. The number of aliphatic imine (C=N–C) groups is 1. The van der Waals surface area contributed by atoms with E-state index in [2.05, 4.69) is 55.9 Å². The Hall–Kier alpha value is -4.19. The first-order valence-electron chi connectivity index (χ1n) is 17.4. The van der Waals surface area contributed by atoms with E-state index < -0.39 is 0 Å². The summed E-state index contributed by atoms with van der Waals surface area (Å²) in [6.07, 6.45) is 12.1. The molecule has 3 fully saturated rings. The summed E-state index contributed by atoms with van der Waals surface area (Å²) in [5.74, 6) is 3.26. The molecule has 1 atom stereocenters.